The van der Waals surface area contributed by atoms with Crippen LogP contribution in [0.2, 0.25) is 0 Å². The van der Waals surface area contributed by atoms with Gasteiger partial charge in [-0.25, -0.2) is 4.39 Å². The third kappa shape index (κ3) is 5.29. The van der Waals surface area contributed by atoms with E-state index in [1.807, 2.05) is 41.8 Å². The molecule has 1 aromatic heterocycles. The van der Waals surface area contributed by atoms with E-state index in [9.17, 15) is 14.0 Å². The largest absolute Gasteiger partial charge is 0.330 e. The van der Waals surface area contributed by atoms with E-state index in [2.05, 4.69) is 6.58 Å². The van der Waals surface area contributed by atoms with Crippen LogP contribution >= 0.6 is 11.3 Å². The van der Waals surface area contributed by atoms with Gasteiger partial charge in [0.15, 0.2) is 0 Å². The minimum Gasteiger partial charge on any atom is -0.330 e. The van der Waals surface area contributed by atoms with Gasteiger partial charge in [-0.3, -0.25) is 9.59 Å². The van der Waals surface area contributed by atoms with Gasteiger partial charge in [0.2, 0.25) is 11.8 Å². The van der Waals surface area contributed by atoms with E-state index in [0.717, 1.165) is 23.1 Å². The molecule has 168 valence electrons. The average Bonchev–Trinajstić information content (AvgIpc) is 3.32. The van der Waals surface area contributed by atoms with Gasteiger partial charge in [-0.15, -0.1) is 17.9 Å². The van der Waals surface area contributed by atoms with E-state index >= 15 is 0 Å². The molecule has 1 aliphatic rings. The second kappa shape index (κ2) is 10.4. The molecule has 1 unspecified atom stereocenters. The number of amides is 2. The minimum absolute atomic E-state index is 0.0544. The molecule has 33 heavy (non-hydrogen) atoms. The Morgan fingerprint density at radius 3 is 2.61 bits per heavy atom. The van der Waals surface area contributed by atoms with Crippen LogP contribution in [0.3, 0.4) is 0 Å². The summed E-state index contributed by atoms with van der Waals surface area (Å²) in [5, 5.41) is 2.02. The second-order valence-electron chi connectivity index (χ2n) is 7.84. The lowest BCUT2D eigenvalue weighted by Crippen LogP contribution is -2.46. The molecule has 3 aromatic rings. The van der Waals surface area contributed by atoms with Crippen LogP contribution in [0.1, 0.15) is 27.6 Å². The molecular formula is C27H25FN2O2S. The molecule has 0 fully saturated rings. The maximum absolute atomic E-state index is 13.5. The van der Waals surface area contributed by atoms with E-state index < -0.39 is 0 Å². The van der Waals surface area contributed by atoms with Crippen molar-refractivity contribution < 1.29 is 14.0 Å². The predicted octanol–water partition coefficient (Wildman–Crippen LogP) is 5.09. The van der Waals surface area contributed by atoms with E-state index in [-0.39, 0.29) is 36.8 Å². The number of fused-ring (bicyclic) bond motifs is 1. The van der Waals surface area contributed by atoms with Crippen molar-refractivity contribution in [1.29, 1.82) is 0 Å². The highest BCUT2D eigenvalue weighted by Gasteiger charge is 2.33. The van der Waals surface area contributed by atoms with Gasteiger partial charge in [-0.1, -0.05) is 48.5 Å². The number of rotatable bonds is 7. The summed E-state index contributed by atoms with van der Waals surface area (Å²) >= 11 is 1.67. The van der Waals surface area contributed by atoms with Crippen molar-refractivity contribution in [2.75, 3.05) is 19.6 Å². The minimum atomic E-state index is -0.314. The Labute approximate surface area is 197 Å². The number of benzene rings is 2. The lowest BCUT2D eigenvalue weighted by atomic mass is 9.93. The van der Waals surface area contributed by atoms with Crippen molar-refractivity contribution in [3.8, 4) is 0 Å². The Kier molecular flexibility index (Phi) is 7.15. The topological polar surface area (TPSA) is 40.6 Å². The molecule has 2 amide bonds. The number of hydrogen-bond acceptors (Lipinski definition) is 3. The molecule has 2 heterocycles. The molecule has 4 rings (SSSR count). The van der Waals surface area contributed by atoms with Gasteiger partial charge in [-0.05, 0) is 52.8 Å². The monoisotopic (exact) mass is 460 g/mol. The maximum Gasteiger partial charge on any atom is 0.247 e. The van der Waals surface area contributed by atoms with Gasteiger partial charge in [0.25, 0.3) is 0 Å². The van der Waals surface area contributed by atoms with Gasteiger partial charge >= 0.3 is 0 Å². The molecule has 1 atom stereocenters. The molecule has 0 saturated carbocycles. The summed E-state index contributed by atoms with van der Waals surface area (Å²) < 4.78 is 13.5. The molecule has 0 bridgehead atoms. The fourth-order valence-electron chi connectivity index (χ4n) is 4.07. The Morgan fingerprint density at radius 1 is 1.12 bits per heavy atom. The molecule has 1 aliphatic heterocycles. The quantitative estimate of drug-likeness (QED) is 0.364. The summed E-state index contributed by atoms with van der Waals surface area (Å²) in [5.41, 5.74) is 2.83. The number of nitrogens with zero attached hydrogens (tertiary/aromatic N) is 2. The van der Waals surface area contributed by atoms with Crippen molar-refractivity contribution in [3.63, 3.8) is 0 Å². The molecule has 0 radical (unpaired) electrons. The van der Waals surface area contributed by atoms with Crippen LogP contribution in [0.15, 0.2) is 84.8 Å². The predicted molar refractivity (Wildman–Crippen MR) is 130 cm³/mol. The van der Waals surface area contributed by atoms with E-state index in [4.69, 9.17) is 0 Å². The summed E-state index contributed by atoms with van der Waals surface area (Å²) in [7, 11) is 0. The zero-order chi connectivity index (χ0) is 23.2. The highest BCUT2D eigenvalue weighted by Crippen LogP contribution is 2.37. The van der Waals surface area contributed by atoms with Gasteiger partial charge in [0.05, 0.1) is 6.04 Å². The lowest BCUT2D eigenvalue weighted by Gasteiger charge is -2.37. The van der Waals surface area contributed by atoms with Crippen molar-refractivity contribution in [3.05, 3.63) is 112 Å². The van der Waals surface area contributed by atoms with Crippen LogP contribution in [0.25, 0.3) is 6.08 Å². The molecule has 0 N–H and O–H groups in total. The number of thiophene rings is 1. The van der Waals surface area contributed by atoms with Gasteiger partial charge < -0.3 is 9.80 Å². The summed E-state index contributed by atoms with van der Waals surface area (Å²) in [5.74, 6) is -0.714. The number of carbonyl (C=O) groups excluding carboxylic acids is 2. The second-order valence-corrected chi connectivity index (χ2v) is 8.84. The fourth-order valence-corrected chi connectivity index (χ4v) is 4.97. The molecule has 0 saturated heterocycles. The number of halogens is 1. The third-order valence-corrected chi connectivity index (χ3v) is 6.67. The molecule has 0 spiro atoms. The van der Waals surface area contributed by atoms with E-state index in [0.29, 0.717) is 6.54 Å². The van der Waals surface area contributed by atoms with E-state index in [1.165, 1.54) is 28.0 Å². The third-order valence-electron chi connectivity index (χ3n) is 5.68. The van der Waals surface area contributed by atoms with Gasteiger partial charge in [0.1, 0.15) is 12.4 Å². The normalized spacial score (nSPS) is 15.3. The first-order chi connectivity index (χ1) is 16.1. The first-order valence-electron chi connectivity index (χ1n) is 10.8. The van der Waals surface area contributed by atoms with Crippen LogP contribution in [-0.4, -0.2) is 41.2 Å². The molecule has 0 aliphatic carbocycles. The van der Waals surface area contributed by atoms with Crippen molar-refractivity contribution in [1.82, 2.24) is 9.80 Å². The Balaban J connectivity index is 1.55. The summed E-state index contributed by atoms with van der Waals surface area (Å²) in [6.07, 6.45) is 5.60. The SMILES string of the molecule is C=CCN(CC(=O)N1CCc2sccc2C1c1ccc(F)cc1)C(=O)/C=C/c1ccccc1. The van der Waals surface area contributed by atoms with Crippen LogP contribution in [0, 0.1) is 5.82 Å². The zero-order valence-corrected chi connectivity index (χ0v) is 19.0. The number of hydrogen-bond donors (Lipinski definition) is 0. The van der Waals surface area contributed by atoms with Crippen LogP contribution in [-0.2, 0) is 16.0 Å². The zero-order valence-electron chi connectivity index (χ0n) is 18.2. The fraction of sp³-hybridized carbons (Fsp3) is 0.185. The maximum atomic E-state index is 13.5. The lowest BCUT2D eigenvalue weighted by molar-refractivity contribution is -0.139. The summed E-state index contributed by atoms with van der Waals surface area (Å²) in [4.78, 5) is 30.8. The van der Waals surface area contributed by atoms with Crippen molar-refractivity contribution in [2.45, 2.75) is 12.5 Å². The number of carbonyl (C=O) groups is 2. The molecular weight excluding hydrogens is 435 g/mol. The summed E-state index contributed by atoms with van der Waals surface area (Å²) in [6, 6.07) is 17.6. The first-order valence-corrected chi connectivity index (χ1v) is 11.7. The summed E-state index contributed by atoms with van der Waals surface area (Å²) in [6.45, 7) is 4.50. The highest BCUT2D eigenvalue weighted by molar-refractivity contribution is 7.10. The van der Waals surface area contributed by atoms with Crippen LogP contribution in [0.4, 0.5) is 4.39 Å². The van der Waals surface area contributed by atoms with Crippen molar-refractivity contribution in [2.24, 2.45) is 0 Å². The average molecular weight is 461 g/mol. The van der Waals surface area contributed by atoms with Crippen molar-refractivity contribution >= 4 is 29.2 Å². The van der Waals surface area contributed by atoms with Crippen LogP contribution in [0.5, 0.6) is 0 Å². The molecule has 4 nitrogen and oxygen atoms in total. The van der Waals surface area contributed by atoms with Gasteiger partial charge in [0, 0.05) is 24.0 Å². The highest BCUT2D eigenvalue weighted by atomic mass is 32.1. The standard InChI is InChI=1S/C27H25FN2O2S/c1-2-16-29(25(31)13-8-20-6-4-3-5-7-20)19-26(32)30-17-14-24-23(15-18-33-24)27(30)21-9-11-22(28)12-10-21/h2-13,15,18,27H,1,14,16-17,19H2/b13-8+. The first kappa shape index (κ1) is 22.7. The van der Waals surface area contributed by atoms with Gasteiger partial charge in [-0.2, -0.15) is 0 Å². The Bertz CT molecular complexity index is 1150. The molecule has 2 aromatic carbocycles. The Hall–Kier alpha value is -3.51. The smallest absolute Gasteiger partial charge is 0.247 e. The van der Waals surface area contributed by atoms with Crippen LogP contribution < -0.4 is 0 Å². The Morgan fingerprint density at radius 2 is 1.88 bits per heavy atom. The molecule has 6 heteroatoms. The van der Waals surface area contributed by atoms with E-state index in [1.54, 1.807) is 40.5 Å².